The summed E-state index contributed by atoms with van der Waals surface area (Å²) < 4.78 is 7.44. The van der Waals surface area contributed by atoms with Gasteiger partial charge >= 0.3 is 5.63 Å². The molecule has 1 aliphatic rings. The molecule has 1 saturated heterocycles. The maximum atomic E-state index is 13.0. The summed E-state index contributed by atoms with van der Waals surface area (Å²) in [6.07, 6.45) is 5.78. The molecule has 1 amide bonds. The number of hydrogen-bond donors (Lipinski definition) is 0. The van der Waals surface area contributed by atoms with Crippen molar-refractivity contribution in [2.75, 3.05) is 13.1 Å². The van der Waals surface area contributed by atoms with Gasteiger partial charge in [0.1, 0.15) is 23.5 Å². The number of rotatable bonds is 6. The molecule has 31 heavy (non-hydrogen) atoms. The zero-order chi connectivity index (χ0) is 21.8. The fourth-order valence-corrected chi connectivity index (χ4v) is 4.33. The van der Waals surface area contributed by atoms with Crippen molar-refractivity contribution in [2.24, 2.45) is 7.05 Å². The zero-order valence-electron chi connectivity index (χ0n) is 18.1. The highest BCUT2D eigenvalue weighted by molar-refractivity contribution is 5.95. The first-order chi connectivity index (χ1) is 15.0. The van der Waals surface area contributed by atoms with Gasteiger partial charge in [-0.05, 0) is 49.8 Å². The standard InChI is InChI=1S/C24H28N4O3/c1-17-15-20(10-6-9-18-7-4-3-5-8-18)31-24(30)21(17)23(29)28-13-11-19(12-14-28)22-26-25-16-27(22)2/h3-5,7-8,15-16,19H,6,9-14H2,1-2H3. The SMILES string of the molecule is Cc1cc(CCCc2ccccc2)oc(=O)c1C(=O)N1CCC(c2nncn2C)CC1. The number of amides is 1. The Labute approximate surface area is 181 Å². The van der Waals surface area contributed by atoms with Gasteiger partial charge in [0.2, 0.25) is 0 Å². The third-order valence-electron chi connectivity index (χ3n) is 6.04. The molecule has 0 aliphatic carbocycles. The molecule has 1 fully saturated rings. The van der Waals surface area contributed by atoms with Crippen LogP contribution >= 0.6 is 0 Å². The molecule has 2 aromatic heterocycles. The van der Waals surface area contributed by atoms with Gasteiger partial charge in [-0.1, -0.05) is 30.3 Å². The summed E-state index contributed by atoms with van der Waals surface area (Å²) in [7, 11) is 1.93. The van der Waals surface area contributed by atoms with Crippen LogP contribution in [0.15, 0.2) is 51.9 Å². The molecule has 1 aromatic carbocycles. The summed E-state index contributed by atoms with van der Waals surface area (Å²) in [4.78, 5) is 27.4. The summed E-state index contributed by atoms with van der Waals surface area (Å²) in [5, 5.41) is 8.14. The maximum absolute atomic E-state index is 13.0. The lowest BCUT2D eigenvalue weighted by atomic mass is 9.95. The lowest BCUT2D eigenvalue weighted by molar-refractivity contribution is 0.0704. The number of aryl methyl sites for hydroxylation is 4. The molecule has 0 bridgehead atoms. The summed E-state index contributed by atoms with van der Waals surface area (Å²) >= 11 is 0. The Morgan fingerprint density at radius 1 is 1.16 bits per heavy atom. The number of likely N-dealkylation sites (tertiary alicyclic amines) is 1. The first-order valence-electron chi connectivity index (χ1n) is 10.8. The summed E-state index contributed by atoms with van der Waals surface area (Å²) in [5.41, 5.74) is 1.57. The molecular formula is C24H28N4O3. The number of hydrogen-bond acceptors (Lipinski definition) is 5. The minimum atomic E-state index is -0.532. The van der Waals surface area contributed by atoms with E-state index in [-0.39, 0.29) is 17.4 Å². The van der Waals surface area contributed by atoms with Gasteiger partial charge in [-0.2, -0.15) is 0 Å². The van der Waals surface area contributed by atoms with E-state index < -0.39 is 5.63 Å². The third kappa shape index (κ3) is 4.76. The number of aromatic nitrogens is 3. The first kappa shape index (κ1) is 21.0. The van der Waals surface area contributed by atoms with Gasteiger partial charge in [-0.3, -0.25) is 4.79 Å². The molecule has 3 aromatic rings. The van der Waals surface area contributed by atoms with E-state index in [4.69, 9.17) is 4.42 Å². The van der Waals surface area contributed by atoms with Crippen LogP contribution in [0.1, 0.15) is 58.2 Å². The molecule has 7 nitrogen and oxygen atoms in total. The molecule has 162 valence electrons. The molecule has 1 aliphatic heterocycles. The molecular weight excluding hydrogens is 392 g/mol. The first-order valence-corrected chi connectivity index (χ1v) is 10.8. The summed E-state index contributed by atoms with van der Waals surface area (Å²) in [6.45, 7) is 3.00. The topological polar surface area (TPSA) is 81.2 Å². The van der Waals surface area contributed by atoms with Crippen molar-refractivity contribution in [3.05, 3.63) is 81.4 Å². The van der Waals surface area contributed by atoms with Crippen LogP contribution in [-0.4, -0.2) is 38.7 Å². The highest BCUT2D eigenvalue weighted by Crippen LogP contribution is 2.27. The molecule has 3 heterocycles. The van der Waals surface area contributed by atoms with Crippen LogP contribution in [0.4, 0.5) is 0 Å². The predicted octanol–water partition coefficient (Wildman–Crippen LogP) is 3.27. The lowest BCUT2D eigenvalue weighted by Gasteiger charge is -2.31. The average Bonchev–Trinajstić information content (AvgIpc) is 3.20. The van der Waals surface area contributed by atoms with Crippen LogP contribution in [-0.2, 0) is 19.9 Å². The molecule has 0 atom stereocenters. The Morgan fingerprint density at radius 3 is 2.55 bits per heavy atom. The van der Waals surface area contributed by atoms with Gasteiger partial charge in [-0.25, -0.2) is 4.79 Å². The number of piperidine rings is 1. The maximum Gasteiger partial charge on any atom is 0.349 e. The highest BCUT2D eigenvalue weighted by atomic mass is 16.4. The molecule has 0 unspecified atom stereocenters. The van der Waals surface area contributed by atoms with Crippen molar-refractivity contribution in [1.29, 1.82) is 0 Å². The van der Waals surface area contributed by atoms with Crippen molar-refractivity contribution in [3.63, 3.8) is 0 Å². The zero-order valence-corrected chi connectivity index (χ0v) is 18.1. The normalized spacial score (nSPS) is 14.7. The quantitative estimate of drug-likeness (QED) is 0.611. The van der Waals surface area contributed by atoms with E-state index in [1.807, 2.05) is 42.8 Å². The lowest BCUT2D eigenvalue weighted by Crippen LogP contribution is -2.40. The Bertz CT molecular complexity index is 1100. The second-order valence-corrected chi connectivity index (χ2v) is 8.26. The largest absolute Gasteiger partial charge is 0.427 e. The van der Waals surface area contributed by atoms with Gasteiger partial charge < -0.3 is 13.9 Å². The summed E-state index contributed by atoms with van der Waals surface area (Å²) in [5.74, 6) is 1.62. The van der Waals surface area contributed by atoms with Crippen LogP contribution in [0.2, 0.25) is 0 Å². The Kier molecular flexibility index (Phi) is 6.30. The number of carbonyl (C=O) groups is 1. The van der Waals surface area contributed by atoms with E-state index in [0.717, 1.165) is 31.5 Å². The van der Waals surface area contributed by atoms with Crippen molar-refractivity contribution >= 4 is 5.91 Å². The van der Waals surface area contributed by atoms with E-state index in [2.05, 4.69) is 22.3 Å². The minimum Gasteiger partial charge on any atom is -0.427 e. The van der Waals surface area contributed by atoms with E-state index >= 15 is 0 Å². The van der Waals surface area contributed by atoms with Crippen LogP contribution < -0.4 is 5.63 Å². The van der Waals surface area contributed by atoms with Crippen LogP contribution in [0.5, 0.6) is 0 Å². The van der Waals surface area contributed by atoms with E-state index in [1.165, 1.54) is 5.56 Å². The number of benzene rings is 1. The fourth-order valence-electron chi connectivity index (χ4n) is 4.33. The number of nitrogens with zero attached hydrogens (tertiary/aromatic N) is 4. The van der Waals surface area contributed by atoms with Gasteiger partial charge in [0, 0.05) is 32.5 Å². The van der Waals surface area contributed by atoms with Crippen molar-refractivity contribution in [2.45, 2.75) is 44.9 Å². The van der Waals surface area contributed by atoms with E-state index in [9.17, 15) is 9.59 Å². The van der Waals surface area contributed by atoms with Crippen LogP contribution in [0, 0.1) is 6.92 Å². The number of carbonyl (C=O) groups excluding carboxylic acids is 1. The van der Waals surface area contributed by atoms with Crippen LogP contribution in [0.25, 0.3) is 0 Å². The summed E-state index contributed by atoms with van der Waals surface area (Å²) in [6, 6.07) is 12.1. The predicted molar refractivity (Wildman–Crippen MR) is 117 cm³/mol. The molecule has 0 spiro atoms. The third-order valence-corrected chi connectivity index (χ3v) is 6.04. The van der Waals surface area contributed by atoms with Gasteiger partial charge in [-0.15, -0.1) is 10.2 Å². The Balaban J connectivity index is 1.38. The van der Waals surface area contributed by atoms with Crippen molar-refractivity contribution < 1.29 is 9.21 Å². The smallest absolute Gasteiger partial charge is 0.349 e. The van der Waals surface area contributed by atoms with Crippen molar-refractivity contribution in [1.82, 2.24) is 19.7 Å². The van der Waals surface area contributed by atoms with Gasteiger partial charge in [0.05, 0.1) is 0 Å². The van der Waals surface area contributed by atoms with E-state index in [1.54, 1.807) is 11.2 Å². The van der Waals surface area contributed by atoms with Crippen molar-refractivity contribution in [3.8, 4) is 0 Å². The fraction of sp³-hybridized carbons (Fsp3) is 0.417. The minimum absolute atomic E-state index is 0.156. The second-order valence-electron chi connectivity index (χ2n) is 8.26. The van der Waals surface area contributed by atoms with Gasteiger partial charge in [0.25, 0.3) is 5.91 Å². The molecule has 0 radical (unpaired) electrons. The molecule has 0 saturated carbocycles. The molecule has 7 heteroatoms. The van der Waals surface area contributed by atoms with E-state index in [0.29, 0.717) is 30.8 Å². The highest BCUT2D eigenvalue weighted by Gasteiger charge is 2.29. The Morgan fingerprint density at radius 2 is 1.90 bits per heavy atom. The van der Waals surface area contributed by atoms with Crippen LogP contribution in [0.3, 0.4) is 0 Å². The monoisotopic (exact) mass is 420 g/mol. The Hall–Kier alpha value is -3.22. The second kappa shape index (κ2) is 9.29. The van der Waals surface area contributed by atoms with Gasteiger partial charge in [0.15, 0.2) is 0 Å². The molecule has 0 N–H and O–H groups in total. The average molecular weight is 421 g/mol. The molecule has 4 rings (SSSR count).